The van der Waals surface area contributed by atoms with Crippen LogP contribution in [0.15, 0.2) is 0 Å². The zero-order valence-corrected chi connectivity index (χ0v) is 12.4. The fourth-order valence-corrected chi connectivity index (χ4v) is 2.75. The van der Waals surface area contributed by atoms with Gasteiger partial charge in [-0.15, -0.1) is 0 Å². The van der Waals surface area contributed by atoms with Gasteiger partial charge in [-0.1, -0.05) is 6.92 Å². The largest absolute Gasteiger partial charge is 0.380 e. The van der Waals surface area contributed by atoms with Crippen LogP contribution in [0.3, 0.4) is 0 Å². The van der Waals surface area contributed by atoms with E-state index in [1.54, 1.807) is 7.11 Å². The van der Waals surface area contributed by atoms with Crippen molar-refractivity contribution in [3.05, 3.63) is 0 Å². The molecule has 0 amide bonds. The van der Waals surface area contributed by atoms with Gasteiger partial charge in [0.15, 0.2) is 0 Å². The van der Waals surface area contributed by atoms with Crippen molar-refractivity contribution in [1.29, 1.82) is 5.26 Å². The highest BCUT2D eigenvalue weighted by molar-refractivity contribution is 5.07. The highest BCUT2D eigenvalue weighted by Crippen LogP contribution is 2.21. The molecule has 4 heteroatoms. The third kappa shape index (κ3) is 4.24. The predicted molar refractivity (Wildman–Crippen MR) is 73.3 cm³/mol. The van der Waals surface area contributed by atoms with Crippen LogP contribution in [-0.4, -0.2) is 49.3 Å². The third-order valence-corrected chi connectivity index (χ3v) is 3.67. The van der Waals surface area contributed by atoms with E-state index < -0.39 is 5.54 Å². The van der Waals surface area contributed by atoms with E-state index in [4.69, 9.17) is 4.74 Å². The van der Waals surface area contributed by atoms with Crippen LogP contribution in [-0.2, 0) is 4.74 Å². The van der Waals surface area contributed by atoms with Crippen molar-refractivity contribution in [2.24, 2.45) is 5.92 Å². The summed E-state index contributed by atoms with van der Waals surface area (Å²) < 4.78 is 5.52. The lowest BCUT2D eigenvalue weighted by Gasteiger charge is -2.39. The molecule has 0 aliphatic carbocycles. The van der Waals surface area contributed by atoms with Gasteiger partial charge in [-0.2, -0.15) is 5.26 Å². The molecule has 0 radical (unpaired) electrons. The molecule has 0 spiro atoms. The molecule has 1 heterocycles. The van der Waals surface area contributed by atoms with Crippen molar-refractivity contribution in [1.82, 2.24) is 10.2 Å². The maximum Gasteiger partial charge on any atom is 0.116 e. The average molecular weight is 253 g/mol. The molecule has 1 N–H and O–H groups in total. The van der Waals surface area contributed by atoms with Crippen molar-refractivity contribution in [3.63, 3.8) is 0 Å². The first-order chi connectivity index (χ1) is 8.40. The molecule has 0 aromatic rings. The molecule has 104 valence electrons. The Morgan fingerprint density at radius 1 is 1.56 bits per heavy atom. The van der Waals surface area contributed by atoms with Crippen LogP contribution in [0.1, 0.15) is 34.1 Å². The van der Waals surface area contributed by atoms with Crippen LogP contribution in [0, 0.1) is 17.2 Å². The normalized spacial score (nSPS) is 28.9. The van der Waals surface area contributed by atoms with Gasteiger partial charge in [0.25, 0.3) is 0 Å². The quantitative estimate of drug-likeness (QED) is 0.809. The van der Waals surface area contributed by atoms with Crippen LogP contribution in [0.25, 0.3) is 0 Å². The molecule has 1 aliphatic rings. The molecule has 18 heavy (non-hydrogen) atoms. The first-order valence-corrected chi connectivity index (χ1v) is 6.84. The Morgan fingerprint density at radius 3 is 2.72 bits per heavy atom. The molecule has 0 aromatic carbocycles. The minimum absolute atomic E-state index is 0.292. The summed E-state index contributed by atoms with van der Waals surface area (Å²) in [4.78, 5) is 2.34. The molecule has 1 fully saturated rings. The number of nitriles is 1. The molecule has 3 atom stereocenters. The summed E-state index contributed by atoms with van der Waals surface area (Å²) in [5, 5.41) is 12.7. The zero-order chi connectivity index (χ0) is 13.8. The number of nitrogens with zero attached hydrogens (tertiary/aromatic N) is 2. The molecule has 3 unspecified atom stereocenters. The smallest absolute Gasteiger partial charge is 0.116 e. The molecule has 4 nitrogen and oxygen atoms in total. The molecule has 1 rings (SSSR count). The number of piperidine rings is 1. The lowest BCUT2D eigenvalue weighted by Crippen LogP contribution is -2.56. The molecular weight excluding hydrogens is 226 g/mol. The minimum atomic E-state index is -0.479. The van der Waals surface area contributed by atoms with Crippen molar-refractivity contribution in [2.45, 2.75) is 51.8 Å². The monoisotopic (exact) mass is 253 g/mol. The fraction of sp³-hybridized carbons (Fsp3) is 0.929. The SMILES string of the molecule is COC1CN(CC(C)(C#N)NC(C)C)CCC1C. The Bertz CT molecular complexity index is 300. The second-order valence-corrected chi connectivity index (χ2v) is 6.02. The first-order valence-electron chi connectivity index (χ1n) is 6.84. The summed E-state index contributed by atoms with van der Waals surface area (Å²) in [6.45, 7) is 11.1. The molecular formula is C14H27N3O. The van der Waals surface area contributed by atoms with Crippen molar-refractivity contribution in [3.8, 4) is 6.07 Å². The van der Waals surface area contributed by atoms with E-state index in [2.05, 4.69) is 37.1 Å². The summed E-state index contributed by atoms with van der Waals surface area (Å²) in [5.74, 6) is 0.609. The zero-order valence-electron chi connectivity index (χ0n) is 12.4. The van der Waals surface area contributed by atoms with E-state index in [1.165, 1.54) is 0 Å². The molecule has 0 aromatic heterocycles. The van der Waals surface area contributed by atoms with Gasteiger partial charge < -0.3 is 4.74 Å². The van der Waals surface area contributed by atoms with E-state index >= 15 is 0 Å². The Labute approximate surface area is 111 Å². The lowest BCUT2D eigenvalue weighted by atomic mass is 9.93. The predicted octanol–water partition coefficient (Wildman–Crippen LogP) is 1.62. The summed E-state index contributed by atoms with van der Waals surface area (Å²) in [5.41, 5.74) is -0.479. The number of nitrogens with one attached hydrogen (secondary N) is 1. The van der Waals surface area contributed by atoms with Crippen LogP contribution >= 0.6 is 0 Å². The van der Waals surface area contributed by atoms with Crippen LogP contribution in [0.5, 0.6) is 0 Å². The Balaban J connectivity index is 2.58. The average Bonchev–Trinajstić information content (AvgIpc) is 2.30. The maximum absolute atomic E-state index is 9.37. The van der Waals surface area contributed by atoms with Gasteiger partial charge in [0.2, 0.25) is 0 Å². The van der Waals surface area contributed by atoms with Crippen molar-refractivity contribution >= 4 is 0 Å². The Hall–Kier alpha value is -0.630. The Morgan fingerprint density at radius 2 is 2.22 bits per heavy atom. The maximum atomic E-state index is 9.37. The van der Waals surface area contributed by atoms with Crippen LogP contribution in [0.4, 0.5) is 0 Å². The molecule has 1 saturated heterocycles. The Kier molecular flexibility index (Phi) is 5.58. The van der Waals surface area contributed by atoms with E-state index in [9.17, 15) is 5.26 Å². The minimum Gasteiger partial charge on any atom is -0.380 e. The second-order valence-electron chi connectivity index (χ2n) is 6.02. The highest BCUT2D eigenvalue weighted by Gasteiger charge is 2.32. The van der Waals surface area contributed by atoms with Crippen LogP contribution < -0.4 is 5.32 Å². The highest BCUT2D eigenvalue weighted by atomic mass is 16.5. The van der Waals surface area contributed by atoms with Crippen molar-refractivity contribution < 1.29 is 4.74 Å². The van der Waals surface area contributed by atoms with Gasteiger partial charge in [-0.25, -0.2) is 0 Å². The third-order valence-electron chi connectivity index (χ3n) is 3.67. The summed E-state index contributed by atoms with van der Waals surface area (Å²) in [7, 11) is 1.78. The first kappa shape index (κ1) is 15.4. The number of likely N-dealkylation sites (tertiary alicyclic amines) is 1. The van der Waals surface area contributed by atoms with Gasteiger partial charge in [-0.05, 0) is 39.7 Å². The van der Waals surface area contributed by atoms with Gasteiger partial charge in [-0.3, -0.25) is 10.2 Å². The standard InChI is InChI=1S/C14H27N3O/c1-11(2)16-14(4,9-15)10-17-7-6-12(3)13(8-17)18-5/h11-13,16H,6-8,10H2,1-5H3. The van der Waals surface area contributed by atoms with Gasteiger partial charge in [0.1, 0.15) is 5.54 Å². The van der Waals surface area contributed by atoms with E-state index in [-0.39, 0.29) is 0 Å². The van der Waals surface area contributed by atoms with Crippen LogP contribution in [0.2, 0.25) is 0 Å². The number of ether oxygens (including phenoxy) is 1. The van der Waals surface area contributed by atoms with Crippen molar-refractivity contribution in [2.75, 3.05) is 26.7 Å². The summed E-state index contributed by atoms with van der Waals surface area (Å²) in [6, 6.07) is 2.72. The molecule has 1 aliphatic heterocycles. The number of rotatable bonds is 5. The van der Waals surface area contributed by atoms with E-state index in [1.807, 2.05) is 6.92 Å². The van der Waals surface area contributed by atoms with E-state index in [0.29, 0.717) is 18.1 Å². The number of hydrogen-bond donors (Lipinski definition) is 1. The van der Waals surface area contributed by atoms with Gasteiger partial charge >= 0.3 is 0 Å². The summed E-state index contributed by atoms with van der Waals surface area (Å²) in [6.07, 6.45) is 1.43. The molecule has 0 saturated carbocycles. The number of hydrogen-bond acceptors (Lipinski definition) is 4. The second kappa shape index (κ2) is 6.51. The van der Waals surface area contributed by atoms with Gasteiger partial charge in [0, 0.05) is 26.2 Å². The van der Waals surface area contributed by atoms with E-state index in [0.717, 1.165) is 26.1 Å². The number of methoxy groups -OCH3 is 1. The fourth-order valence-electron chi connectivity index (χ4n) is 2.75. The topological polar surface area (TPSA) is 48.3 Å². The van der Waals surface area contributed by atoms with Gasteiger partial charge in [0.05, 0.1) is 12.2 Å². The summed E-state index contributed by atoms with van der Waals surface area (Å²) >= 11 is 0. The molecule has 0 bridgehead atoms. The lowest BCUT2D eigenvalue weighted by molar-refractivity contribution is -0.00982.